The zero-order chi connectivity index (χ0) is 16.9. The van der Waals surface area contributed by atoms with Crippen molar-refractivity contribution in [3.8, 4) is 0 Å². The first-order valence-corrected chi connectivity index (χ1v) is 8.72. The molecule has 6 heteroatoms. The molecular formula is C18H17IN2O3. The van der Waals surface area contributed by atoms with E-state index < -0.39 is 0 Å². The molecule has 2 aromatic rings. The molecule has 0 spiro atoms. The minimum absolute atomic E-state index is 0.0637. The van der Waals surface area contributed by atoms with Crippen LogP contribution in [0.2, 0.25) is 0 Å². The third-order valence-electron chi connectivity index (χ3n) is 3.85. The van der Waals surface area contributed by atoms with Gasteiger partial charge in [-0.25, -0.2) is 4.79 Å². The molecule has 2 aromatic carbocycles. The molecule has 3 rings (SSSR count). The molecule has 0 bridgehead atoms. The SMILES string of the molecule is O=C(Nc1ccccc1I)C1CN(C(=O)OCc2ccccc2)C1. The summed E-state index contributed by atoms with van der Waals surface area (Å²) in [5, 5.41) is 2.90. The van der Waals surface area contributed by atoms with Crippen molar-refractivity contribution in [2.45, 2.75) is 6.61 Å². The first kappa shape index (κ1) is 16.8. The normalized spacial score (nSPS) is 14.0. The molecule has 1 N–H and O–H groups in total. The lowest BCUT2D eigenvalue weighted by atomic mass is 10.00. The van der Waals surface area contributed by atoms with Crippen molar-refractivity contribution in [2.75, 3.05) is 18.4 Å². The van der Waals surface area contributed by atoms with E-state index in [1.165, 1.54) is 0 Å². The van der Waals surface area contributed by atoms with Gasteiger partial charge in [-0.1, -0.05) is 42.5 Å². The van der Waals surface area contributed by atoms with Gasteiger partial charge in [0.2, 0.25) is 5.91 Å². The largest absolute Gasteiger partial charge is 0.445 e. The van der Waals surface area contributed by atoms with Crippen LogP contribution in [0.15, 0.2) is 54.6 Å². The predicted octanol–water partition coefficient (Wildman–Crippen LogP) is 3.50. The summed E-state index contributed by atoms with van der Waals surface area (Å²) in [5.74, 6) is -0.253. The van der Waals surface area contributed by atoms with E-state index in [1.807, 2.05) is 54.6 Å². The third-order valence-corrected chi connectivity index (χ3v) is 4.79. The van der Waals surface area contributed by atoms with E-state index in [0.717, 1.165) is 14.8 Å². The van der Waals surface area contributed by atoms with Crippen molar-refractivity contribution in [2.24, 2.45) is 5.92 Å². The number of para-hydroxylation sites is 1. The second kappa shape index (κ2) is 7.65. The van der Waals surface area contributed by atoms with Crippen molar-refractivity contribution in [1.82, 2.24) is 4.90 Å². The Morgan fingerprint density at radius 3 is 2.46 bits per heavy atom. The van der Waals surface area contributed by atoms with Gasteiger partial charge in [-0.15, -0.1) is 0 Å². The van der Waals surface area contributed by atoms with Gasteiger partial charge in [0.15, 0.2) is 0 Å². The van der Waals surface area contributed by atoms with Gasteiger partial charge >= 0.3 is 6.09 Å². The van der Waals surface area contributed by atoms with Crippen LogP contribution >= 0.6 is 22.6 Å². The Morgan fingerprint density at radius 2 is 1.75 bits per heavy atom. The maximum Gasteiger partial charge on any atom is 0.410 e. The fraction of sp³-hybridized carbons (Fsp3) is 0.222. The van der Waals surface area contributed by atoms with E-state index in [9.17, 15) is 9.59 Å². The van der Waals surface area contributed by atoms with Crippen molar-refractivity contribution in [1.29, 1.82) is 0 Å². The summed E-state index contributed by atoms with van der Waals surface area (Å²) < 4.78 is 6.24. The Hall–Kier alpha value is -2.09. The topological polar surface area (TPSA) is 58.6 Å². The smallest absolute Gasteiger partial charge is 0.410 e. The Morgan fingerprint density at radius 1 is 1.08 bits per heavy atom. The number of amides is 2. The fourth-order valence-corrected chi connectivity index (χ4v) is 2.92. The Kier molecular flexibility index (Phi) is 5.34. The van der Waals surface area contributed by atoms with Crippen LogP contribution in [0, 0.1) is 9.49 Å². The lowest BCUT2D eigenvalue weighted by Crippen LogP contribution is -2.54. The number of benzene rings is 2. The van der Waals surface area contributed by atoms with E-state index in [1.54, 1.807) is 4.90 Å². The Balaban J connectivity index is 1.44. The zero-order valence-electron chi connectivity index (χ0n) is 12.9. The maximum absolute atomic E-state index is 12.2. The first-order chi connectivity index (χ1) is 11.6. The molecule has 0 saturated carbocycles. The lowest BCUT2D eigenvalue weighted by Gasteiger charge is -2.37. The van der Waals surface area contributed by atoms with Gasteiger partial charge in [0.25, 0.3) is 0 Å². The molecule has 0 radical (unpaired) electrons. The number of rotatable bonds is 4. The molecule has 24 heavy (non-hydrogen) atoms. The summed E-state index contributed by atoms with van der Waals surface area (Å²) in [6, 6.07) is 17.1. The molecule has 0 unspecified atom stereocenters. The number of hydrogen-bond acceptors (Lipinski definition) is 3. The van der Waals surface area contributed by atoms with Gasteiger partial charge < -0.3 is 15.0 Å². The highest BCUT2D eigenvalue weighted by molar-refractivity contribution is 14.1. The molecule has 1 aliphatic rings. The second-order valence-corrected chi connectivity index (χ2v) is 6.77. The Bertz CT molecular complexity index is 730. The number of carbonyl (C=O) groups is 2. The van der Waals surface area contributed by atoms with Crippen molar-refractivity contribution in [3.05, 3.63) is 63.7 Å². The molecule has 0 atom stereocenters. The summed E-state index contributed by atoms with van der Waals surface area (Å²) >= 11 is 2.18. The van der Waals surface area contributed by atoms with Crippen molar-refractivity contribution >= 4 is 40.3 Å². The van der Waals surface area contributed by atoms with E-state index >= 15 is 0 Å². The number of ether oxygens (including phenoxy) is 1. The molecule has 1 heterocycles. The number of carbonyl (C=O) groups excluding carboxylic acids is 2. The van der Waals surface area contributed by atoms with E-state index in [0.29, 0.717) is 13.1 Å². The van der Waals surface area contributed by atoms with Crippen LogP contribution in [-0.2, 0) is 16.1 Å². The molecule has 2 amide bonds. The quantitative estimate of drug-likeness (QED) is 0.747. The number of nitrogens with zero attached hydrogens (tertiary/aromatic N) is 1. The number of halogens is 1. The predicted molar refractivity (Wildman–Crippen MR) is 99.5 cm³/mol. The molecule has 1 fully saturated rings. The number of hydrogen-bond donors (Lipinski definition) is 1. The van der Waals surface area contributed by atoms with Gasteiger partial charge in [0.1, 0.15) is 6.61 Å². The highest BCUT2D eigenvalue weighted by Crippen LogP contribution is 2.22. The monoisotopic (exact) mass is 436 g/mol. The van der Waals surface area contributed by atoms with Crippen molar-refractivity contribution in [3.63, 3.8) is 0 Å². The summed E-state index contributed by atoms with van der Waals surface area (Å²) in [6.07, 6.45) is -0.378. The van der Waals surface area contributed by atoms with Gasteiger partial charge in [-0.2, -0.15) is 0 Å². The molecule has 1 saturated heterocycles. The molecule has 124 valence electrons. The summed E-state index contributed by atoms with van der Waals surface area (Å²) in [5.41, 5.74) is 1.74. The third kappa shape index (κ3) is 4.05. The highest BCUT2D eigenvalue weighted by atomic mass is 127. The lowest BCUT2D eigenvalue weighted by molar-refractivity contribution is -0.124. The number of likely N-dealkylation sites (tertiary alicyclic amines) is 1. The average Bonchev–Trinajstić information content (AvgIpc) is 2.55. The fourth-order valence-electron chi connectivity index (χ4n) is 2.40. The minimum atomic E-state index is -0.378. The summed E-state index contributed by atoms with van der Waals surface area (Å²) in [7, 11) is 0. The van der Waals surface area contributed by atoms with Crippen LogP contribution < -0.4 is 5.32 Å². The van der Waals surface area contributed by atoms with Gasteiger partial charge in [-0.05, 0) is 40.3 Å². The first-order valence-electron chi connectivity index (χ1n) is 7.64. The maximum atomic E-state index is 12.2. The second-order valence-electron chi connectivity index (χ2n) is 5.61. The van der Waals surface area contributed by atoms with Gasteiger partial charge in [0.05, 0.1) is 11.6 Å². The number of anilines is 1. The van der Waals surface area contributed by atoms with Gasteiger partial charge in [0, 0.05) is 16.7 Å². The average molecular weight is 436 g/mol. The van der Waals surface area contributed by atoms with E-state index in [2.05, 4.69) is 27.9 Å². The van der Waals surface area contributed by atoms with Crippen molar-refractivity contribution < 1.29 is 14.3 Å². The molecule has 0 aliphatic carbocycles. The van der Waals surface area contributed by atoms with Crippen LogP contribution in [0.3, 0.4) is 0 Å². The zero-order valence-corrected chi connectivity index (χ0v) is 15.1. The van der Waals surface area contributed by atoms with Crippen LogP contribution in [0.4, 0.5) is 10.5 Å². The Labute approximate surface area is 154 Å². The van der Waals surface area contributed by atoms with E-state index in [-0.39, 0.29) is 24.5 Å². The van der Waals surface area contributed by atoms with Crippen LogP contribution in [0.25, 0.3) is 0 Å². The molecule has 0 aromatic heterocycles. The standard InChI is InChI=1S/C18H17IN2O3/c19-15-8-4-5-9-16(15)20-17(22)14-10-21(11-14)18(23)24-12-13-6-2-1-3-7-13/h1-9,14H,10-12H2,(H,20,22). The van der Waals surface area contributed by atoms with Crippen LogP contribution in [-0.4, -0.2) is 30.0 Å². The number of nitrogens with one attached hydrogen (secondary N) is 1. The molecule has 5 nitrogen and oxygen atoms in total. The van der Waals surface area contributed by atoms with Gasteiger partial charge in [-0.3, -0.25) is 4.79 Å². The molecular weight excluding hydrogens is 419 g/mol. The van der Waals surface area contributed by atoms with Crippen LogP contribution in [0.5, 0.6) is 0 Å². The summed E-state index contributed by atoms with van der Waals surface area (Å²) in [4.78, 5) is 25.7. The highest BCUT2D eigenvalue weighted by Gasteiger charge is 2.36. The van der Waals surface area contributed by atoms with Crippen LogP contribution in [0.1, 0.15) is 5.56 Å². The minimum Gasteiger partial charge on any atom is -0.445 e. The van der Waals surface area contributed by atoms with E-state index in [4.69, 9.17) is 4.74 Å². The summed E-state index contributed by atoms with van der Waals surface area (Å²) in [6.45, 7) is 1.03. The molecule has 1 aliphatic heterocycles.